The molecule has 0 bridgehead atoms. The van der Waals surface area contributed by atoms with Gasteiger partial charge in [-0.2, -0.15) is 5.10 Å². The van der Waals surface area contributed by atoms with Crippen molar-refractivity contribution in [2.75, 3.05) is 48.9 Å². The number of rotatable bonds is 8. The fraction of sp³-hybridized carbons (Fsp3) is 0.259. The molecule has 0 aliphatic carbocycles. The third-order valence-electron chi connectivity index (χ3n) is 6.13. The van der Waals surface area contributed by atoms with Gasteiger partial charge in [-0.25, -0.2) is 18.7 Å². The minimum absolute atomic E-state index is 0.0262. The van der Waals surface area contributed by atoms with E-state index < -0.39 is 17.5 Å². The monoisotopic (exact) mass is 567 g/mol. The maximum absolute atomic E-state index is 15.2. The van der Waals surface area contributed by atoms with Gasteiger partial charge >= 0.3 is 0 Å². The standard InChI is InChI=1S/C27H27F2N7O3S/c1-15-5-4-6-19(22(15)29)30-26(37)17-7-8-20(18(28)14-17)40-27-32-24(31-21-13-16(2)34-35-21)23(38-3)25(33-27)36-9-11-39-12-10-36/h4-8,13-14H,9-12H2,1-3H3,(H,30,37)(H2,31,32,33,34,35). The van der Waals surface area contributed by atoms with Crippen molar-refractivity contribution in [1.82, 2.24) is 20.2 Å². The minimum Gasteiger partial charge on any atom is -0.490 e. The molecular formula is C27H27F2N7O3S. The third kappa shape index (κ3) is 6.00. The summed E-state index contributed by atoms with van der Waals surface area (Å²) in [7, 11) is 1.53. The summed E-state index contributed by atoms with van der Waals surface area (Å²) in [6.07, 6.45) is 0. The van der Waals surface area contributed by atoms with Crippen LogP contribution >= 0.6 is 11.8 Å². The molecule has 1 saturated heterocycles. The molecule has 0 unspecified atom stereocenters. The van der Waals surface area contributed by atoms with Crippen molar-refractivity contribution < 1.29 is 23.0 Å². The molecule has 1 fully saturated rings. The number of morpholine rings is 1. The van der Waals surface area contributed by atoms with Gasteiger partial charge in [-0.05, 0) is 55.4 Å². The SMILES string of the molecule is COc1c(Nc2cc(C)[nH]n2)nc(Sc2ccc(C(=O)Nc3cccc(C)c3F)cc2F)nc1N1CCOCC1. The molecule has 10 nitrogen and oxygen atoms in total. The van der Waals surface area contributed by atoms with Crippen LogP contribution in [0.1, 0.15) is 21.6 Å². The molecule has 2 aromatic carbocycles. The molecule has 2 aromatic heterocycles. The van der Waals surface area contributed by atoms with Gasteiger partial charge in [-0.1, -0.05) is 12.1 Å². The van der Waals surface area contributed by atoms with Gasteiger partial charge in [0.05, 0.1) is 30.9 Å². The van der Waals surface area contributed by atoms with Gasteiger partial charge in [-0.3, -0.25) is 9.89 Å². The predicted octanol–water partition coefficient (Wildman–Crippen LogP) is 5.09. The minimum atomic E-state index is -0.646. The zero-order chi connectivity index (χ0) is 28.2. The predicted molar refractivity (Wildman–Crippen MR) is 148 cm³/mol. The smallest absolute Gasteiger partial charge is 0.255 e. The number of halogens is 2. The number of aromatic nitrogens is 4. The molecule has 3 N–H and O–H groups in total. The van der Waals surface area contributed by atoms with Gasteiger partial charge in [0, 0.05) is 30.4 Å². The van der Waals surface area contributed by atoms with E-state index in [-0.39, 0.29) is 21.3 Å². The first-order valence-corrected chi connectivity index (χ1v) is 13.3. The van der Waals surface area contributed by atoms with Gasteiger partial charge in [0.15, 0.2) is 22.6 Å². The quantitative estimate of drug-likeness (QED) is 0.250. The van der Waals surface area contributed by atoms with E-state index in [9.17, 15) is 9.18 Å². The van der Waals surface area contributed by atoms with E-state index in [4.69, 9.17) is 9.47 Å². The number of aromatic amines is 1. The molecule has 0 atom stereocenters. The van der Waals surface area contributed by atoms with Crippen LogP contribution in [0.2, 0.25) is 0 Å². The second-order valence-electron chi connectivity index (χ2n) is 9.01. The van der Waals surface area contributed by atoms with E-state index >= 15 is 4.39 Å². The van der Waals surface area contributed by atoms with Crippen LogP contribution in [0.25, 0.3) is 0 Å². The summed E-state index contributed by atoms with van der Waals surface area (Å²) >= 11 is 1.000. The van der Waals surface area contributed by atoms with Crippen LogP contribution in [0, 0.1) is 25.5 Å². The largest absolute Gasteiger partial charge is 0.490 e. The zero-order valence-corrected chi connectivity index (χ0v) is 22.9. The van der Waals surface area contributed by atoms with Crippen molar-refractivity contribution in [1.29, 1.82) is 0 Å². The second-order valence-corrected chi connectivity index (χ2v) is 10.0. The molecular weight excluding hydrogens is 540 g/mol. The Morgan fingerprint density at radius 3 is 2.62 bits per heavy atom. The Bertz CT molecular complexity index is 1540. The molecule has 208 valence electrons. The fourth-order valence-electron chi connectivity index (χ4n) is 4.09. The van der Waals surface area contributed by atoms with Crippen molar-refractivity contribution in [3.05, 3.63) is 70.9 Å². The Balaban J connectivity index is 1.43. The lowest BCUT2D eigenvalue weighted by Crippen LogP contribution is -2.37. The lowest BCUT2D eigenvalue weighted by Gasteiger charge is -2.29. The van der Waals surface area contributed by atoms with Crippen LogP contribution in [0.15, 0.2) is 52.5 Å². The Labute approximate surface area is 233 Å². The highest BCUT2D eigenvalue weighted by molar-refractivity contribution is 7.99. The highest BCUT2D eigenvalue weighted by Crippen LogP contribution is 2.39. The van der Waals surface area contributed by atoms with Gasteiger partial charge in [-0.15, -0.1) is 0 Å². The van der Waals surface area contributed by atoms with Crippen molar-refractivity contribution in [3.8, 4) is 5.75 Å². The first kappa shape index (κ1) is 27.3. The number of anilines is 4. The highest BCUT2D eigenvalue weighted by Gasteiger charge is 2.24. The number of nitrogens with zero attached hydrogens (tertiary/aromatic N) is 4. The maximum Gasteiger partial charge on any atom is 0.255 e. The summed E-state index contributed by atoms with van der Waals surface area (Å²) in [6, 6.07) is 10.5. The first-order chi connectivity index (χ1) is 19.3. The average Bonchev–Trinajstić information content (AvgIpc) is 3.36. The Kier molecular flexibility index (Phi) is 8.12. The molecule has 4 aromatic rings. The van der Waals surface area contributed by atoms with E-state index in [1.807, 2.05) is 17.9 Å². The van der Waals surface area contributed by atoms with E-state index in [0.717, 1.165) is 23.5 Å². The number of amides is 1. The van der Waals surface area contributed by atoms with Crippen molar-refractivity contribution in [2.45, 2.75) is 23.9 Å². The molecule has 1 amide bonds. The molecule has 0 radical (unpaired) electrons. The van der Waals surface area contributed by atoms with Crippen molar-refractivity contribution >= 4 is 40.8 Å². The van der Waals surface area contributed by atoms with Crippen LogP contribution < -0.4 is 20.3 Å². The van der Waals surface area contributed by atoms with Crippen LogP contribution in [0.3, 0.4) is 0 Å². The Morgan fingerprint density at radius 1 is 1.12 bits per heavy atom. The van der Waals surface area contributed by atoms with Crippen molar-refractivity contribution in [3.63, 3.8) is 0 Å². The molecule has 1 aliphatic rings. The van der Waals surface area contributed by atoms with Crippen molar-refractivity contribution in [2.24, 2.45) is 0 Å². The van der Waals surface area contributed by atoms with Crippen LogP contribution in [-0.2, 0) is 4.74 Å². The molecule has 40 heavy (non-hydrogen) atoms. The van der Waals surface area contributed by atoms with Gasteiger partial charge in [0.2, 0.25) is 5.75 Å². The summed E-state index contributed by atoms with van der Waals surface area (Å²) in [5, 5.41) is 13.0. The Hall–Kier alpha value is -4.23. The van der Waals surface area contributed by atoms with Crippen LogP contribution in [-0.4, -0.2) is 59.5 Å². The van der Waals surface area contributed by atoms with E-state index in [1.54, 1.807) is 19.1 Å². The number of carbonyl (C=O) groups excluding carboxylic acids is 1. The normalized spacial score (nSPS) is 13.3. The van der Waals surface area contributed by atoms with Gasteiger partial charge in [0.1, 0.15) is 11.6 Å². The maximum atomic E-state index is 15.2. The summed E-state index contributed by atoms with van der Waals surface area (Å²) in [4.78, 5) is 24.2. The number of aryl methyl sites for hydroxylation is 2. The van der Waals surface area contributed by atoms with E-state index in [0.29, 0.717) is 55.1 Å². The summed E-state index contributed by atoms with van der Waals surface area (Å²) in [5.74, 6) is 0.0424. The number of H-pyrrole nitrogens is 1. The summed E-state index contributed by atoms with van der Waals surface area (Å²) in [5.41, 5.74) is 1.32. The number of ether oxygens (including phenoxy) is 2. The molecule has 1 aliphatic heterocycles. The third-order valence-corrected chi connectivity index (χ3v) is 7.05. The Morgan fingerprint density at radius 2 is 1.93 bits per heavy atom. The second kappa shape index (κ2) is 11.9. The number of hydrogen-bond acceptors (Lipinski definition) is 9. The topological polar surface area (TPSA) is 117 Å². The number of benzene rings is 2. The highest BCUT2D eigenvalue weighted by atomic mass is 32.2. The summed E-state index contributed by atoms with van der Waals surface area (Å²) < 4.78 is 40.7. The molecule has 0 saturated carbocycles. The number of methoxy groups -OCH3 is 1. The summed E-state index contributed by atoms with van der Waals surface area (Å²) in [6.45, 7) is 5.72. The molecule has 13 heteroatoms. The molecule has 0 spiro atoms. The number of hydrogen-bond donors (Lipinski definition) is 3. The van der Waals surface area contributed by atoms with Gasteiger partial charge < -0.3 is 25.0 Å². The van der Waals surface area contributed by atoms with Crippen LogP contribution in [0.4, 0.5) is 31.9 Å². The van der Waals surface area contributed by atoms with E-state index in [2.05, 4.69) is 30.8 Å². The number of nitrogens with one attached hydrogen (secondary N) is 3. The average molecular weight is 568 g/mol. The van der Waals surface area contributed by atoms with E-state index in [1.165, 1.54) is 25.3 Å². The molecule has 5 rings (SSSR count). The fourth-order valence-corrected chi connectivity index (χ4v) is 4.85. The lowest BCUT2D eigenvalue weighted by molar-refractivity contribution is 0.102. The molecule has 3 heterocycles. The first-order valence-electron chi connectivity index (χ1n) is 12.4. The lowest BCUT2D eigenvalue weighted by atomic mass is 10.1. The van der Waals surface area contributed by atoms with Crippen LogP contribution in [0.5, 0.6) is 5.75 Å². The zero-order valence-electron chi connectivity index (χ0n) is 22.0. The van der Waals surface area contributed by atoms with Gasteiger partial charge in [0.25, 0.3) is 5.91 Å². The number of carbonyl (C=O) groups is 1.